The van der Waals surface area contributed by atoms with Crippen LogP contribution in [0.5, 0.6) is 0 Å². The van der Waals surface area contributed by atoms with Crippen molar-refractivity contribution in [1.82, 2.24) is 5.32 Å². The molecule has 0 heterocycles. The fourth-order valence-electron chi connectivity index (χ4n) is 13.6. The van der Waals surface area contributed by atoms with E-state index in [9.17, 15) is 24.6 Å². The Bertz CT molecular complexity index is 1770. The lowest BCUT2D eigenvalue weighted by Gasteiger charge is -2.72. The van der Waals surface area contributed by atoms with E-state index in [1.54, 1.807) is 18.2 Å². The zero-order valence-electron chi connectivity index (χ0n) is 32.2. The standard InChI is InChI=1S/C45H60N2O5/c1-27(2)32-17-22-45(40(52)46-26-28-9-8-10-30(25-28)38(49)47-31-13-11-29(12-14-31)39(50)51)24-23-43(6)33(37(32)45)15-16-35-42(5)20-19-36(48)41(3,4)34(42)18-21-44(35,43)7/h8-14,25,32-37,48H,1,15-24,26H2,2-7H3,(H,46,52)(H,47,49)(H,50,51)/t32-,33?,34?,35?,36-,37?,42-,43+,44+,45-/m0/s1. The van der Waals surface area contributed by atoms with Gasteiger partial charge in [-0.15, -0.1) is 0 Å². The van der Waals surface area contributed by atoms with Crippen molar-refractivity contribution in [3.63, 3.8) is 0 Å². The lowest BCUT2D eigenvalue weighted by Crippen LogP contribution is -2.67. The van der Waals surface area contributed by atoms with Crippen LogP contribution in [0.4, 0.5) is 5.69 Å². The van der Waals surface area contributed by atoms with Crippen molar-refractivity contribution in [3.05, 3.63) is 77.4 Å². The number of amides is 2. The summed E-state index contributed by atoms with van der Waals surface area (Å²) in [5.74, 6) is 1.05. The smallest absolute Gasteiger partial charge is 0.335 e. The summed E-state index contributed by atoms with van der Waals surface area (Å²) >= 11 is 0. The minimum atomic E-state index is -1.02. The first-order chi connectivity index (χ1) is 24.5. The highest BCUT2D eigenvalue weighted by Crippen LogP contribution is 2.77. The SMILES string of the molecule is C=C(C)[C@@H]1CC[C@]2(C(=O)NCc3cccc(C(=O)Nc4ccc(C(=O)O)cc4)c3)CC[C@]3(C)C(CCC4[C@@]5(C)CC[C@H](O)C(C)(C)C5CC[C@]43C)C12. The molecule has 4 unspecified atom stereocenters. The Labute approximate surface area is 310 Å². The minimum Gasteiger partial charge on any atom is -0.478 e. The first kappa shape index (κ1) is 36.9. The Hall–Kier alpha value is -3.45. The number of carboxylic acid groups (broad SMARTS) is 1. The van der Waals surface area contributed by atoms with Crippen LogP contribution in [0.15, 0.2) is 60.7 Å². The van der Waals surface area contributed by atoms with Crippen molar-refractivity contribution in [2.24, 2.45) is 56.7 Å². The van der Waals surface area contributed by atoms with Crippen molar-refractivity contribution >= 4 is 23.5 Å². The molecule has 0 bridgehead atoms. The first-order valence-corrected chi connectivity index (χ1v) is 19.8. The summed E-state index contributed by atoms with van der Waals surface area (Å²) in [6.07, 6.45) is 10.4. The maximum Gasteiger partial charge on any atom is 0.335 e. The summed E-state index contributed by atoms with van der Waals surface area (Å²) in [5.41, 5.74) is 3.27. The second kappa shape index (κ2) is 12.8. The third-order valence-electron chi connectivity index (χ3n) is 16.5. The Morgan fingerprint density at radius 1 is 0.808 bits per heavy atom. The number of rotatable bonds is 7. The van der Waals surface area contributed by atoms with Crippen molar-refractivity contribution in [1.29, 1.82) is 0 Å². The lowest BCUT2D eigenvalue weighted by molar-refractivity contribution is -0.246. The topological polar surface area (TPSA) is 116 Å². The van der Waals surface area contributed by atoms with E-state index in [4.69, 9.17) is 0 Å². The van der Waals surface area contributed by atoms with Gasteiger partial charge in [-0.3, -0.25) is 9.59 Å². The Morgan fingerprint density at radius 3 is 2.23 bits per heavy atom. The molecule has 0 saturated heterocycles. The molecule has 5 aliphatic rings. The number of hydrogen-bond acceptors (Lipinski definition) is 4. The molecule has 0 spiro atoms. The Morgan fingerprint density at radius 2 is 1.54 bits per heavy atom. The molecule has 5 saturated carbocycles. The summed E-state index contributed by atoms with van der Waals surface area (Å²) in [5, 5.41) is 26.5. The van der Waals surface area contributed by atoms with Gasteiger partial charge in [-0.2, -0.15) is 0 Å². The van der Waals surface area contributed by atoms with Gasteiger partial charge in [-0.1, -0.05) is 58.9 Å². The quantitative estimate of drug-likeness (QED) is 0.214. The van der Waals surface area contributed by atoms with Crippen LogP contribution < -0.4 is 10.6 Å². The number of carbonyl (C=O) groups is 3. The number of aliphatic hydroxyl groups is 1. The maximum atomic E-state index is 14.7. The van der Waals surface area contributed by atoms with Crippen molar-refractivity contribution < 1.29 is 24.6 Å². The van der Waals surface area contributed by atoms with E-state index in [1.807, 2.05) is 18.2 Å². The molecule has 10 atom stereocenters. The second-order valence-corrected chi connectivity index (χ2v) is 18.9. The van der Waals surface area contributed by atoms with Gasteiger partial charge in [0.05, 0.1) is 17.1 Å². The molecular formula is C45H60N2O5. The molecule has 7 heteroatoms. The highest BCUT2D eigenvalue weighted by Gasteiger charge is 2.71. The summed E-state index contributed by atoms with van der Waals surface area (Å²) in [4.78, 5) is 39.0. The molecule has 0 aliphatic heterocycles. The Kier molecular flexibility index (Phi) is 9.11. The van der Waals surface area contributed by atoms with Crippen LogP contribution in [0.1, 0.15) is 132 Å². The van der Waals surface area contributed by atoms with E-state index in [-0.39, 0.29) is 51.1 Å². The number of anilines is 1. The van der Waals surface area contributed by atoms with Gasteiger partial charge in [-0.05, 0) is 164 Å². The van der Waals surface area contributed by atoms with Gasteiger partial charge in [0.2, 0.25) is 5.91 Å². The predicted octanol–water partition coefficient (Wildman–Crippen LogP) is 9.27. The molecule has 280 valence electrons. The first-order valence-electron chi connectivity index (χ1n) is 19.8. The van der Waals surface area contributed by atoms with Crippen LogP contribution in [0.2, 0.25) is 0 Å². The van der Waals surface area contributed by atoms with Crippen molar-refractivity contribution in [3.8, 4) is 0 Å². The van der Waals surface area contributed by atoms with E-state index < -0.39 is 11.4 Å². The van der Waals surface area contributed by atoms with Crippen LogP contribution in [-0.4, -0.2) is 34.1 Å². The van der Waals surface area contributed by atoms with E-state index in [0.717, 1.165) is 50.5 Å². The zero-order chi connectivity index (χ0) is 37.4. The monoisotopic (exact) mass is 708 g/mol. The van der Waals surface area contributed by atoms with E-state index in [2.05, 4.69) is 58.8 Å². The van der Waals surface area contributed by atoms with E-state index in [0.29, 0.717) is 41.5 Å². The molecule has 0 radical (unpaired) electrons. The number of hydrogen-bond donors (Lipinski definition) is 4. The number of carbonyl (C=O) groups excluding carboxylic acids is 2. The summed E-state index contributed by atoms with van der Waals surface area (Å²) in [6.45, 7) is 19.5. The van der Waals surface area contributed by atoms with Crippen molar-refractivity contribution in [2.75, 3.05) is 5.32 Å². The molecule has 2 amide bonds. The third-order valence-corrected chi connectivity index (χ3v) is 16.5. The molecule has 5 aliphatic carbocycles. The van der Waals surface area contributed by atoms with Crippen LogP contribution in [0, 0.1) is 56.7 Å². The van der Waals surface area contributed by atoms with Crippen LogP contribution in [0.25, 0.3) is 0 Å². The number of allylic oxidation sites excluding steroid dienone is 1. The number of fused-ring (bicyclic) bond motifs is 7. The number of aromatic carboxylic acids is 1. The van der Waals surface area contributed by atoms with Gasteiger partial charge in [0.1, 0.15) is 0 Å². The van der Waals surface area contributed by atoms with Crippen LogP contribution >= 0.6 is 0 Å². The number of carboxylic acids is 1. The number of nitrogens with one attached hydrogen (secondary N) is 2. The third kappa shape index (κ3) is 5.50. The summed E-state index contributed by atoms with van der Waals surface area (Å²) < 4.78 is 0. The largest absolute Gasteiger partial charge is 0.478 e. The molecule has 5 fully saturated rings. The predicted molar refractivity (Wildman–Crippen MR) is 205 cm³/mol. The highest BCUT2D eigenvalue weighted by atomic mass is 16.4. The lowest BCUT2D eigenvalue weighted by atomic mass is 9.32. The molecule has 7 rings (SSSR count). The molecule has 52 heavy (non-hydrogen) atoms. The Balaban J connectivity index is 1.10. The minimum absolute atomic E-state index is 0.0680. The molecule has 4 N–H and O–H groups in total. The summed E-state index contributed by atoms with van der Waals surface area (Å²) in [6, 6.07) is 13.4. The average Bonchev–Trinajstić information content (AvgIpc) is 3.51. The second-order valence-electron chi connectivity index (χ2n) is 18.9. The van der Waals surface area contributed by atoms with Gasteiger partial charge >= 0.3 is 5.97 Å². The fraction of sp³-hybridized carbons (Fsp3) is 0.622. The normalized spacial score (nSPS) is 38.8. The average molecular weight is 709 g/mol. The zero-order valence-corrected chi connectivity index (χ0v) is 32.2. The number of benzene rings is 2. The molecule has 2 aromatic carbocycles. The van der Waals surface area contributed by atoms with E-state index in [1.165, 1.54) is 37.0 Å². The van der Waals surface area contributed by atoms with Crippen LogP contribution in [-0.2, 0) is 11.3 Å². The van der Waals surface area contributed by atoms with E-state index >= 15 is 0 Å². The van der Waals surface area contributed by atoms with Gasteiger partial charge in [0.15, 0.2) is 0 Å². The van der Waals surface area contributed by atoms with Gasteiger partial charge in [0.25, 0.3) is 5.91 Å². The maximum absolute atomic E-state index is 14.7. The molecular weight excluding hydrogens is 649 g/mol. The fourth-order valence-corrected chi connectivity index (χ4v) is 13.6. The van der Waals surface area contributed by atoms with Gasteiger partial charge in [-0.25, -0.2) is 4.79 Å². The van der Waals surface area contributed by atoms with Gasteiger partial charge in [0, 0.05) is 17.8 Å². The number of aliphatic hydroxyl groups excluding tert-OH is 1. The highest BCUT2D eigenvalue weighted by molar-refractivity contribution is 6.04. The summed E-state index contributed by atoms with van der Waals surface area (Å²) in [7, 11) is 0. The van der Waals surface area contributed by atoms with Crippen LogP contribution in [0.3, 0.4) is 0 Å². The molecule has 0 aromatic heterocycles. The molecule has 7 nitrogen and oxygen atoms in total. The molecule has 2 aromatic rings. The van der Waals surface area contributed by atoms with Crippen molar-refractivity contribution in [2.45, 2.75) is 118 Å². The van der Waals surface area contributed by atoms with Gasteiger partial charge < -0.3 is 20.8 Å².